The molecule has 3 unspecified atom stereocenters. The molecule has 0 aromatic carbocycles. The van der Waals surface area contributed by atoms with E-state index >= 15 is 0 Å². The number of nitrogens with zero attached hydrogens (tertiary/aromatic N) is 7. The molecular formula is C44H73N11O14. The number of rotatable bonds is 9. The van der Waals surface area contributed by atoms with Crippen molar-refractivity contribution in [2.24, 2.45) is 11.8 Å². The van der Waals surface area contributed by atoms with Gasteiger partial charge in [-0.1, -0.05) is 32.9 Å². The maximum Gasteiger partial charge on any atom is 0.293 e. The molecule has 388 valence electrons. The van der Waals surface area contributed by atoms with Crippen LogP contribution in [-0.4, -0.2) is 242 Å². The fraction of sp³-hybridized carbons (Fsp3) is 0.682. The first-order chi connectivity index (χ1) is 32.1. The van der Waals surface area contributed by atoms with Gasteiger partial charge in [-0.25, -0.2) is 0 Å². The van der Waals surface area contributed by atoms with Crippen LogP contribution in [0.4, 0.5) is 0 Å². The molecule has 1 heterocycles. The van der Waals surface area contributed by atoms with Crippen molar-refractivity contribution in [3.8, 4) is 0 Å². The molecule has 0 saturated carbocycles. The monoisotopic (exact) mass is 980 g/mol. The van der Waals surface area contributed by atoms with Gasteiger partial charge in [-0.3, -0.25) is 57.5 Å². The molecule has 0 radical (unpaired) electrons. The van der Waals surface area contributed by atoms with Gasteiger partial charge >= 0.3 is 0 Å². The lowest BCUT2D eigenvalue weighted by atomic mass is 9.92. The molecule has 0 aliphatic carbocycles. The second-order valence-corrected chi connectivity index (χ2v) is 17.7. The first kappa shape index (κ1) is 60.4. The summed E-state index contributed by atoms with van der Waals surface area (Å²) in [7, 11) is 8.89. The van der Waals surface area contributed by atoms with Gasteiger partial charge in [0.2, 0.25) is 65.0 Å². The van der Waals surface area contributed by atoms with E-state index in [0.29, 0.717) is 0 Å². The Bertz CT molecular complexity index is 1910. The number of carbonyl (C=O) groups excluding carboxylic acids is 12. The Balaban J connectivity index is 3.71. The van der Waals surface area contributed by atoms with Gasteiger partial charge in [-0.15, -0.1) is 0 Å². The van der Waals surface area contributed by atoms with Gasteiger partial charge in [0.1, 0.15) is 30.3 Å². The predicted molar refractivity (Wildman–Crippen MR) is 248 cm³/mol. The molecule has 0 spiro atoms. The molecular weight excluding hydrogens is 907 g/mol. The standard InChI is InChI=1S/C44H73N11O14/c1-14-15-16-27(4)40(64)39-41(65)48-38(29(6)69-25-56)44(68)53(11)23-35(61)50(8)21-33(59)46-19-34(60)49(7)20-32(58)45-18-31(57)47-28(5)42(66)54(12)30(17-26(2)3)43(67)52(10)22-36(62)51(9)24-37(63)55(39)13/h14-15,25-30,38-40,64H,16-24H2,1-13H3,(H,45,58)(H,46,59)(H,47,57)(H,48,65)/b15-14+/t27?,28-,29-,30+,38?,39?,40-/m1/s1. The number of hydrogen-bond acceptors (Lipinski definition) is 14. The van der Waals surface area contributed by atoms with Crippen LogP contribution in [0.2, 0.25) is 0 Å². The molecule has 7 atom stereocenters. The molecule has 1 aliphatic heterocycles. The highest BCUT2D eigenvalue weighted by atomic mass is 16.5. The van der Waals surface area contributed by atoms with Gasteiger partial charge in [0, 0.05) is 49.3 Å². The summed E-state index contributed by atoms with van der Waals surface area (Å²) in [5.41, 5.74) is 0. The van der Waals surface area contributed by atoms with Gasteiger partial charge in [-0.05, 0) is 45.4 Å². The molecule has 0 aromatic rings. The van der Waals surface area contributed by atoms with Crippen LogP contribution in [0.15, 0.2) is 12.2 Å². The zero-order chi connectivity index (χ0) is 53.0. The number of hydrogen-bond donors (Lipinski definition) is 5. The smallest absolute Gasteiger partial charge is 0.293 e. The number of aliphatic hydroxyl groups is 1. The van der Waals surface area contributed by atoms with Crippen LogP contribution in [0.1, 0.15) is 54.4 Å². The number of nitrogens with one attached hydrogen (secondary N) is 4. The highest BCUT2D eigenvalue weighted by molar-refractivity contribution is 5.97. The molecule has 0 bridgehead atoms. The third kappa shape index (κ3) is 19.1. The van der Waals surface area contributed by atoms with E-state index in [-0.39, 0.29) is 25.2 Å². The molecule has 5 N–H and O–H groups in total. The van der Waals surface area contributed by atoms with Gasteiger partial charge in [0.15, 0.2) is 0 Å². The molecule has 11 amide bonds. The van der Waals surface area contributed by atoms with Crippen LogP contribution in [0.5, 0.6) is 0 Å². The quantitative estimate of drug-likeness (QED) is 0.108. The molecule has 69 heavy (non-hydrogen) atoms. The van der Waals surface area contributed by atoms with E-state index in [9.17, 15) is 62.6 Å². The number of allylic oxidation sites excluding steroid dienone is 2. The van der Waals surface area contributed by atoms with Crippen LogP contribution in [0.25, 0.3) is 0 Å². The fourth-order valence-electron chi connectivity index (χ4n) is 6.89. The highest BCUT2D eigenvalue weighted by Crippen LogP contribution is 2.19. The van der Waals surface area contributed by atoms with Crippen LogP contribution in [-0.2, 0) is 62.3 Å². The second-order valence-electron chi connectivity index (χ2n) is 17.7. The predicted octanol–water partition coefficient (Wildman–Crippen LogP) is -4.26. The minimum atomic E-state index is -1.71. The van der Waals surface area contributed by atoms with Crippen molar-refractivity contribution in [3.63, 3.8) is 0 Å². The van der Waals surface area contributed by atoms with Crippen molar-refractivity contribution >= 4 is 71.5 Å². The van der Waals surface area contributed by atoms with Gasteiger partial charge in [-0.2, -0.15) is 0 Å². The van der Waals surface area contributed by atoms with Gasteiger partial charge in [0.05, 0.1) is 51.9 Å². The summed E-state index contributed by atoms with van der Waals surface area (Å²) in [6, 6.07) is -5.68. The molecule has 1 rings (SSSR count). The van der Waals surface area contributed by atoms with E-state index in [1.165, 1.54) is 63.2 Å². The van der Waals surface area contributed by atoms with Gasteiger partial charge in [0.25, 0.3) is 6.47 Å². The van der Waals surface area contributed by atoms with Crippen molar-refractivity contribution in [1.82, 2.24) is 55.6 Å². The first-order valence-corrected chi connectivity index (χ1v) is 22.3. The zero-order valence-corrected chi connectivity index (χ0v) is 42.1. The number of aliphatic hydroxyl groups excluding tert-OH is 1. The van der Waals surface area contributed by atoms with Crippen LogP contribution in [0.3, 0.4) is 0 Å². The molecule has 25 nitrogen and oxygen atoms in total. The third-order valence-electron chi connectivity index (χ3n) is 11.4. The summed E-state index contributed by atoms with van der Waals surface area (Å²) in [5, 5.41) is 21.2. The van der Waals surface area contributed by atoms with Crippen molar-refractivity contribution in [1.29, 1.82) is 0 Å². The largest absolute Gasteiger partial charge is 0.462 e. The van der Waals surface area contributed by atoms with Gasteiger partial charge < -0.3 is 65.4 Å². The van der Waals surface area contributed by atoms with E-state index in [2.05, 4.69) is 21.3 Å². The average molecular weight is 980 g/mol. The Morgan fingerprint density at radius 1 is 0.623 bits per heavy atom. The first-order valence-electron chi connectivity index (χ1n) is 22.3. The summed E-state index contributed by atoms with van der Waals surface area (Å²) in [6.45, 7) is 5.55. The lowest BCUT2D eigenvalue weighted by Crippen LogP contribution is -2.62. The Morgan fingerprint density at radius 3 is 1.64 bits per heavy atom. The van der Waals surface area contributed by atoms with Crippen molar-refractivity contribution in [3.05, 3.63) is 12.2 Å². The second kappa shape index (κ2) is 28.6. The van der Waals surface area contributed by atoms with E-state index < -0.39 is 153 Å². The average Bonchev–Trinajstić information content (AvgIpc) is 3.28. The third-order valence-corrected chi connectivity index (χ3v) is 11.4. The van der Waals surface area contributed by atoms with Crippen molar-refractivity contribution in [2.75, 3.05) is 95.1 Å². The molecule has 0 aromatic heterocycles. The normalized spacial score (nSPS) is 23.8. The molecule has 1 saturated heterocycles. The summed E-state index contributed by atoms with van der Waals surface area (Å²) in [5.74, 6) is -9.46. The van der Waals surface area contributed by atoms with E-state index in [0.717, 1.165) is 34.3 Å². The zero-order valence-electron chi connectivity index (χ0n) is 42.1. The summed E-state index contributed by atoms with van der Waals surface area (Å²) < 4.78 is 5.03. The molecule has 1 fully saturated rings. The van der Waals surface area contributed by atoms with Crippen molar-refractivity contribution < 1.29 is 67.4 Å². The Hall–Kier alpha value is -6.66. The topological polar surface area (TPSA) is 305 Å². The lowest BCUT2D eigenvalue weighted by molar-refractivity contribution is -0.152. The number of amides is 11. The minimum Gasteiger partial charge on any atom is -0.462 e. The number of ether oxygens (including phenoxy) is 1. The van der Waals surface area contributed by atoms with E-state index in [4.69, 9.17) is 4.74 Å². The highest BCUT2D eigenvalue weighted by Gasteiger charge is 2.41. The number of carbonyl (C=O) groups is 12. The Labute approximate surface area is 403 Å². The maximum atomic E-state index is 14.3. The number of likely N-dealkylation sites (N-methyl/N-ethyl adjacent to an activating group) is 7. The molecule has 1 aliphatic rings. The summed E-state index contributed by atoms with van der Waals surface area (Å²) in [4.78, 5) is 166. The molecule has 25 heteroatoms. The van der Waals surface area contributed by atoms with E-state index in [1.807, 2.05) is 13.8 Å². The summed E-state index contributed by atoms with van der Waals surface area (Å²) in [6.07, 6.45) is 0.914. The summed E-state index contributed by atoms with van der Waals surface area (Å²) >= 11 is 0. The maximum absolute atomic E-state index is 14.3. The van der Waals surface area contributed by atoms with Crippen LogP contribution < -0.4 is 21.3 Å². The SMILES string of the molecule is C/C=C/CC(C)[C@@H](O)C1C(=O)NC([C@@H](C)OC=O)C(=O)N(C)CC(=O)N(C)CC(=O)NCC(=O)N(C)CC(=O)NCC(=O)N[C@H](C)C(=O)N(C)[C@@H](CC(C)C)C(=O)N(C)CC(=O)N(C)CC(=O)N1C. The Morgan fingerprint density at radius 2 is 1.12 bits per heavy atom. The Kier molecular flexibility index (Phi) is 25.0. The minimum absolute atomic E-state index is 0.0339. The van der Waals surface area contributed by atoms with Crippen molar-refractivity contribution in [2.45, 2.75) is 90.8 Å². The lowest BCUT2D eigenvalue weighted by Gasteiger charge is -2.36. The fourth-order valence-corrected chi connectivity index (χ4v) is 6.89. The van der Waals surface area contributed by atoms with Crippen LogP contribution >= 0.6 is 0 Å². The van der Waals surface area contributed by atoms with E-state index in [1.54, 1.807) is 26.0 Å². The van der Waals surface area contributed by atoms with Crippen LogP contribution in [0, 0.1) is 11.8 Å².